The maximum atomic E-state index is 12.5. The molecule has 3 nitrogen and oxygen atoms in total. The minimum absolute atomic E-state index is 0.0449. The topological polar surface area (TPSA) is 29.5 Å². The van der Waals surface area contributed by atoms with Gasteiger partial charge in [-0.2, -0.15) is 0 Å². The van der Waals surface area contributed by atoms with Crippen LogP contribution in [0.3, 0.4) is 0 Å². The van der Waals surface area contributed by atoms with Crippen LogP contribution in [0.1, 0.15) is 36.5 Å². The van der Waals surface area contributed by atoms with Crippen LogP contribution >= 0.6 is 23.2 Å². The number of halogens is 2. The van der Waals surface area contributed by atoms with Crippen LogP contribution in [0.5, 0.6) is 0 Å². The molecule has 1 heterocycles. The summed E-state index contributed by atoms with van der Waals surface area (Å²) in [6, 6.07) is 4.98. The zero-order valence-electron chi connectivity index (χ0n) is 11.6. The van der Waals surface area contributed by atoms with Crippen molar-refractivity contribution in [2.75, 3.05) is 19.7 Å². The fraction of sp³-hybridized carbons (Fsp3) is 0.533. The second-order valence-corrected chi connectivity index (χ2v) is 5.85. The number of likely N-dealkylation sites (tertiary alicyclic amines) is 1. The van der Waals surface area contributed by atoms with Gasteiger partial charge in [0.15, 0.2) is 0 Å². The smallest absolute Gasteiger partial charge is 0.255 e. The number of benzene rings is 1. The largest absolute Gasteiger partial charge is 0.376 e. The zero-order valence-corrected chi connectivity index (χ0v) is 13.1. The van der Waals surface area contributed by atoms with Crippen molar-refractivity contribution >= 4 is 29.1 Å². The van der Waals surface area contributed by atoms with Crippen molar-refractivity contribution in [3.63, 3.8) is 0 Å². The molecule has 1 aliphatic rings. The van der Waals surface area contributed by atoms with Gasteiger partial charge < -0.3 is 9.64 Å². The van der Waals surface area contributed by atoms with Gasteiger partial charge in [-0.3, -0.25) is 4.79 Å². The number of nitrogens with zero attached hydrogens (tertiary/aromatic N) is 1. The summed E-state index contributed by atoms with van der Waals surface area (Å²) >= 11 is 12.0. The van der Waals surface area contributed by atoms with E-state index in [1.807, 2.05) is 4.90 Å². The lowest BCUT2D eigenvalue weighted by Crippen LogP contribution is -2.43. The molecule has 5 heteroatoms. The Hall–Kier alpha value is -0.770. The summed E-state index contributed by atoms with van der Waals surface area (Å²) in [5.41, 5.74) is 0.507. The Bertz CT molecular complexity index is 479. The van der Waals surface area contributed by atoms with Crippen LogP contribution < -0.4 is 0 Å². The van der Waals surface area contributed by atoms with E-state index >= 15 is 0 Å². The molecular weight excluding hydrogens is 297 g/mol. The fourth-order valence-corrected chi connectivity index (χ4v) is 2.87. The standard InChI is InChI=1S/C15H19Cl2NO2/c1-2-8-20-12-4-3-7-18(10-12)15(19)13-6-5-11(16)9-14(13)17/h5-6,9,12H,2-4,7-8,10H2,1H3. The Morgan fingerprint density at radius 1 is 1.45 bits per heavy atom. The number of amides is 1. The second-order valence-electron chi connectivity index (χ2n) is 5.01. The van der Waals surface area contributed by atoms with Crippen molar-refractivity contribution in [2.24, 2.45) is 0 Å². The van der Waals surface area contributed by atoms with Crippen LogP contribution in [-0.4, -0.2) is 36.6 Å². The first-order chi connectivity index (χ1) is 9.61. The van der Waals surface area contributed by atoms with E-state index in [0.717, 1.165) is 32.4 Å². The molecule has 1 fully saturated rings. The summed E-state index contributed by atoms with van der Waals surface area (Å²) < 4.78 is 5.75. The van der Waals surface area contributed by atoms with Crippen LogP contribution in [0.2, 0.25) is 10.0 Å². The highest BCUT2D eigenvalue weighted by atomic mass is 35.5. The van der Waals surface area contributed by atoms with Crippen molar-refractivity contribution in [2.45, 2.75) is 32.3 Å². The van der Waals surface area contributed by atoms with E-state index < -0.39 is 0 Å². The molecule has 0 radical (unpaired) electrons. The predicted molar refractivity (Wildman–Crippen MR) is 81.6 cm³/mol. The summed E-state index contributed by atoms with van der Waals surface area (Å²) in [6.07, 6.45) is 3.11. The number of carbonyl (C=O) groups excluding carboxylic acids is 1. The molecular formula is C15H19Cl2NO2. The third kappa shape index (κ3) is 3.87. The minimum atomic E-state index is -0.0449. The normalized spacial score (nSPS) is 19.1. The van der Waals surface area contributed by atoms with Crippen molar-refractivity contribution in [1.82, 2.24) is 4.90 Å². The van der Waals surface area contributed by atoms with E-state index in [1.165, 1.54) is 0 Å². The van der Waals surface area contributed by atoms with E-state index in [1.54, 1.807) is 18.2 Å². The molecule has 1 saturated heterocycles. The molecule has 1 aliphatic heterocycles. The van der Waals surface area contributed by atoms with E-state index in [4.69, 9.17) is 27.9 Å². The van der Waals surface area contributed by atoms with Gasteiger partial charge in [0.25, 0.3) is 5.91 Å². The second kappa shape index (κ2) is 7.30. The molecule has 20 heavy (non-hydrogen) atoms. The molecule has 1 aromatic carbocycles. The lowest BCUT2D eigenvalue weighted by atomic mass is 10.1. The zero-order chi connectivity index (χ0) is 14.5. The number of carbonyl (C=O) groups is 1. The van der Waals surface area contributed by atoms with Gasteiger partial charge >= 0.3 is 0 Å². The van der Waals surface area contributed by atoms with Crippen molar-refractivity contribution < 1.29 is 9.53 Å². The van der Waals surface area contributed by atoms with Gasteiger partial charge in [0.05, 0.1) is 16.7 Å². The summed E-state index contributed by atoms with van der Waals surface area (Å²) in [5.74, 6) is -0.0449. The summed E-state index contributed by atoms with van der Waals surface area (Å²) in [6.45, 7) is 4.22. The summed E-state index contributed by atoms with van der Waals surface area (Å²) in [5, 5.41) is 0.938. The lowest BCUT2D eigenvalue weighted by Gasteiger charge is -2.33. The molecule has 1 atom stereocenters. The first kappa shape index (κ1) is 15.6. The maximum absolute atomic E-state index is 12.5. The highest BCUT2D eigenvalue weighted by Crippen LogP contribution is 2.24. The van der Waals surface area contributed by atoms with E-state index in [-0.39, 0.29) is 12.0 Å². The molecule has 0 N–H and O–H groups in total. The van der Waals surface area contributed by atoms with E-state index in [0.29, 0.717) is 22.2 Å². The van der Waals surface area contributed by atoms with Crippen LogP contribution in [0, 0.1) is 0 Å². The van der Waals surface area contributed by atoms with Gasteiger partial charge in [-0.25, -0.2) is 0 Å². The van der Waals surface area contributed by atoms with E-state index in [9.17, 15) is 4.79 Å². The highest BCUT2D eigenvalue weighted by Gasteiger charge is 2.25. The van der Waals surface area contributed by atoms with Crippen LogP contribution in [-0.2, 0) is 4.74 Å². The number of hydrogen-bond donors (Lipinski definition) is 0. The van der Waals surface area contributed by atoms with Crippen molar-refractivity contribution in [1.29, 1.82) is 0 Å². The average Bonchev–Trinajstić information content (AvgIpc) is 2.45. The summed E-state index contributed by atoms with van der Waals surface area (Å²) in [4.78, 5) is 14.3. The molecule has 0 aliphatic carbocycles. The van der Waals surface area contributed by atoms with Crippen molar-refractivity contribution in [3.05, 3.63) is 33.8 Å². The number of hydrogen-bond acceptors (Lipinski definition) is 2. The fourth-order valence-electron chi connectivity index (χ4n) is 2.38. The minimum Gasteiger partial charge on any atom is -0.376 e. The first-order valence-electron chi connectivity index (χ1n) is 6.97. The third-order valence-corrected chi connectivity index (χ3v) is 3.93. The van der Waals surface area contributed by atoms with Gasteiger partial charge in [0.2, 0.25) is 0 Å². The Balaban J connectivity index is 2.04. The van der Waals surface area contributed by atoms with Gasteiger partial charge in [-0.05, 0) is 37.5 Å². The van der Waals surface area contributed by atoms with Crippen LogP contribution in [0.4, 0.5) is 0 Å². The highest BCUT2D eigenvalue weighted by molar-refractivity contribution is 6.36. The Kier molecular flexibility index (Phi) is 5.70. The first-order valence-corrected chi connectivity index (χ1v) is 7.73. The quantitative estimate of drug-likeness (QED) is 0.839. The molecule has 0 aromatic heterocycles. The van der Waals surface area contributed by atoms with Gasteiger partial charge in [-0.1, -0.05) is 30.1 Å². The Labute approximate surface area is 129 Å². The molecule has 110 valence electrons. The van der Waals surface area contributed by atoms with Crippen LogP contribution in [0.25, 0.3) is 0 Å². The number of piperidine rings is 1. The van der Waals surface area contributed by atoms with Crippen molar-refractivity contribution in [3.8, 4) is 0 Å². The van der Waals surface area contributed by atoms with Gasteiger partial charge in [0, 0.05) is 24.7 Å². The average molecular weight is 316 g/mol. The SMILES string of the molecule is CCCOC1CCCN(C(=O)c2ccc(Cl)cc2Cl)C1. The monoisotopic (exact) mass is 315 g/mol. The predicted octanol–water partition coefficient (Wildman–Crippen LogP) is 4.02. The maximum Gasteiger partial charge on any atom is 0.255 e. The number of rotatable bonds is 4. The molecule has 0 saturated carbocycles. The van der Waals surface area contributed by atoms with E-state index in [2.05, 4.69) is 6.92 Å². The molecule has 1 aromatic rings. The summed E-state index contributed by atoms with van der Waals surface area (Å²) in [7, 11) is 0. The molecule has 1 unspecified atom stereocenters. The number of ether oxygens (including phenoxy) is 1. The molecule has 2 rings (SSSR count). The molecule has 0 spiro atoms. The van der Waals surface area contributed by atoms with Crippen LogP contribution in [0.15, 0.2) is 18.2 Å². The van der Waals surface area contributed by atoms with Gasteiger partial charge in [0.1, 0.15) is 0 Å². The van der Waals surface area contributed by atoms with Gasteiger partial charge in [-0.15, -0.1) is 0 Å². The molecule has 1 amide bonds. The third-order valence-electron chi connectivity index (χ3n) is 3.38. The Morgan fingerprint density at radius 2 is 2.25 bits per heavy atom. The Morgan fingerprint density at radius 3 is 2.95 bits per heavy atom. The molecule has 0 bridgehead atoms. The lowest BCUT2D eigenvalue weighted by molar-refractivity contribution is 0.00212.